The second kappa shape index (κ2) is 11.8. The van der Waals surface area contributed by atoms with Gasteiger partial charge in [-0.05, 0) is 44.0 Å². The second-order valence-corrected chi connectivity index (χ2v) is 7.80. The van der Waals surface area contributed by atoms with Crippen molar-refractivity contribution in [2.75, 3.05) is 13.7 Å². The number of carbonyl (C=O) groups is 3. The summed E-state index contributed by atoms with van der Waals surface area (Å²) in [5.74, 6) is -0.219. The monoisotopic (exact) mass is 480 g/mol. The summed E-state index contributed by atoms with van der Waals surface area (Å²) in [7, 11) is 1.48. The molecule has 0 aliphatic heterocycles. The van der Waals surface area contributed by atoms with Gasteiger partial charge in [0.25, 0.3) is 11.5 Å². The minimum Gasteiger partial charge on any atom is -0.493 e. The first-order valence-electron chi connectivity index (χ1n) is 11.3. The van der Waals surface area contributed by atoms with Crippen LogP contribution in [0.2, 0.25) is 0 Å². The lowest BCUT2D eigenvalue weighted by Crippen LogP contribution is -2.42. The summed E-state index contributed by atoms with van der Waals surface area (Å²) < 4.78 is 12.2. The number of amides is 2. The summed E-state index contributed by atoms with van der Waals surface area (Å²) >= 11 is 0. The van der Waals surface area contributed by atoms with Gasteiger partial charge < -0.3 is 9.47 Å². The molecule has 3 rings (SSSR count). The van der Waals surface area contributed by atoms with Crippen LogP contribution < -0.4 is 25.9 Å². The zero-order chi connectivity index (χ0) is 25.4. The lowest BCUT2D eigenvalue weighted by molar-refractivity contribution is -0.122. The Kier molecular flexibility index (Phi) is 8.55. The highest BCUT2D eigenvalue weighted by Gasteiger charge is 2.17. The van der Waals surface area contributed by atoms with E-state index < -0.39 is 11.8 Å². The highest BCUT2D eigenvalue weighted by Crippen LogP contribution is 2.28. The van der Waals surface area contributed by atoms with Gasteiger partial charge in [-0.3, -0.25) is 30.0 Å². The number of methoxy groups -OCH3 is 1. The number of Topliss-reactive ketones (excluding diaryl/α,β-unsaturated/α-hetero) is 1. The maximum Gasteiger partial charge on any atom is 0.290 e. The van der Waals surface area contributed by atoms with Crippen LogP contribution in [0.5, 0.6) is 11.5 Å². The Morgan fingerprint density at radius 3 is 2.46 bits per heavy atom. The quantitative estimate of drug-likeness (QED) is 0.259. The summed E-state index contributed by atoms with van der Waals surface area (Å²) in [5, 5.41) is 5.00. The van der Waals surface area contributed by atoms with Crippen molar-refractivity contribution in [2.45, 2.75) is 39.7 Å². The van der Waals surface area contributed by atoms with E-state index >= 15 is 0 Å². The maximum atomic E-state index is 12.7. The molecule has 0 atom stereocenters. The van der Waals surface area contributed by atoms with Gasteiger partial charge in [0.2, 0.25) is 5.91 Å². The number of benzene rings is 2. The molecule has 0 radical (unpaired) electrons. The van der Waals surface area contributed by atoms with Crippen molar-refractivity contribution in [1.29, 1.82) is 0 Å². The topological polar surface area (TPSA) is 129 Å². The van der Waals surface area contributed by atoms with E-state index in [-0.39, 0.29) is 30.1 Å². The molecule has 0 fully saturated rings. The molecule has 2 N–H and O–H groups in total. The van der Waals surface area contributed by atoms with E-state index in [0.717, 1.165) is 0 Å². The predicted molar refractivity (Wildman–Crippen MR) is 130 cm³/mol. The van der Waals surface area contributed by atoms with Crippen molar-refractivity contribution in [3.05, 3.63) is 64.1 Å². The van der Waals surface area contributed by atoms with Crippen molar-refractivity contribution < 1.29 is 23.9 Å². The number of hydrazine groups is 1. The number of carbonyl (C=O) groups excluding carboxylic acids is 3. The second-order valence-electron chi connectivity index (χ2n) is 7.80. The highest BCUT2D eigenvalue weighted by molar-refractivity contribution is 6.05. The zero-order valence-corrected chi connectivity index (χ0v) is 19.9. The fourth-order valence-electron chi connectivity index (χ4n) is 3.44. The number of aromatic nitrogens is 2. The minimum absolute atomic E-state index is 0.0541. The van der Waals surface area contributed by atoms with Crippen LogP contribution >= 0.6 is 0 Å². The van der Waals surface area contributed by atoms with E-state index in [0.29, 0.717) is 47.2 Å². The third kappa shape index (κ3) is 6.23. The van der Waals surface area contributed by atoms with Crippen LogP contribution in [0, 0.1) is 0 Å². The first-order chi connectivity index (χ1) is 16.8. The van der Waals surface area contributed by atoms with Crippen molar-refractivity contribution >= 4 is 28.4 Å². The molecule has 2 amide bonds. The van der Waals surface area contributed by atoms with Gasteiger partial charge in [0, 0.05) is 23.9 Å². The molecule has 184 valence electrons. The van der Waals surface area contributed by atoms with E-state index in [9.17, 15) is 19.2 Å². The molecule has 3 aromatic rings. The molecule has 35 heavy (non-hydrogen) atoms. The third-order valence-corrected chi connectivity index (χ3v) is 5.21. The molecule has 2 aromatic carbocycles. The first-order valence-corrected chi connectivity index (χ1v) is 11.3. The van der Waals surface area contributed by atoms with Crippen molar-refractivity contribution in [3.63, 3.8) is 0 Å². The molecule has 0 saturated heterocycles. The van der Waals surface area contributed by atoms with Crippen LogP contribution in [0.3, 0.4) is 0 Å². The molecule has 0 bridgehead atoms. The van der Waals surface area contributed by atoms with Crippen LogP contribution in [-0.4, -0.2) is 41.1 Å². The molecule has 1 heterocycles. The third-order valence-electron chi connectivity index (χ3n) is 5.21. The summed E-state index contributed by atoms with van der Waals surface area (Å²) in [6.07, 6.45) is 1.15. The van der Waals surface area contributed by atoms with Crippen molar-refractivity contribution in [2.24, 2.45) is 0 Å². The fraction of sp³-hybridized carbons (Fsp3) is 0.320. The van der Waals surface area contributed by atoms with Gasteiger partial charge in [-0.15, -0.1) is 0 Å². The predicted octanol–water partition coefficient (Wildman–Crippen LogP) is 2.64. The van der Waals surface area contributed by atoms with Gasteiger partial charge in [0.15, 0.2) is 23.0 Å². The lowest BCUT2D eigenvalue weighted by Gasteiger charge is -2.12. The number of fused-ring (bicyclic) bond motifs is 1. The van der Waals surface area contributed by atoms with Crippen LogP contribution in [0.4, 0.5) is 0 Å². The molecule has 0 unspecified atom stereocenters. The number of hydrogen-bond donors (Lipinski definition) is 2. The van der Waals surface area contributed by atoms with Crippen molar-refractivity contribution in [1.82, 2.24) is 20.6 Å². The van der Waals surface area contributed by atoms with Crippen molar-refractivity contribution in [3.8, 4) is 11.5 Å². The summed E-state index contributed by atoms with van der Waals surface area (Å²) in [4.78, 5) is 49.0. The van der Waals surface area contributed by atoms with Crippen LogP contribution in [0.15, 0.2) is 47.3 Å². The Bertz CT molecular complexity index is 1300. The molecule has 0 aliphatic carbocycles. The van der Waals surface area contributed by atoms with Gasteiger partial charge >= 0.3 is 0 Å². The average Bonchev–Trinajstić information content (AvgIpc) is 2.86. The Morgan fingerprint density at radius 2 is 1.77 bits per heavy atom. The van der Waals surface area contributed by atoms with Crippen LogP contribution in [0.1, 0.15) is 54.0 Å². The first kappa shape index (κ1) is 25.4. The number of hydrogen-bond acceptors (Lipinski definition) is 7. The largest absolute Gasteiger partial charge is 0.493 e. The molecule has 10 nitrogen and oxygen atoms in total. The number of aryl methyl sites for hydroxylation is 1. The lowest BCUT2D eigenvalue weighted by atomic mass is 10.1. The minimum atomic E-state index is -0.619. The highest BCUT2D eigenvalue weighted by atomic mass is 16.5. The fourth-order valence-corrected chi connectivity index (χ4v) is 3.44. The zero-order valence-electron chi connectivity index (χ0n) is 19.9. The smallest absolute Gasteiger partial charge is 0.290 e. The molecule has 10 heteroatoms. The maximum absolute atomic E-state index is 12.7. The number of ketones is 1. The summed E-state index contributed by atoms with van der Waals surface area (Å²) in [5.41, 5.74) is 5.03. The van der Waals surface area contributed by atoms with Gasteiger partial charge in [-0.2, -0.15) is 5.10 Å². The van der Waals surface area contributed by atoms with E-state index in [1.165, 1.54) is 18.7 Å². The van der Waals surface area contributed by atoms with Crippen LogP contribution in [-0.2, 0) is 11.3 Å². The van der Waals surface area contributed by atoms with Gasteiger partial charge in [0.1, 0.15) is 0 Å². The van der Waals surface area contributed by atoms with E-state index in [2.05, 4.69) is 16.0 Å². The number of nitrogens with one attached hydrogen (secondary N) is 2. The van der Waals surface area contributed by atoms with Gasteiger partial charge in [-0.25, -0.2) is 4.68 Å². The Labute approximate surface area is 202 Å². The molecule has 1 aromatic heterocycles. The Balaban J connectivity index is 1.55. The molecular weight excluding hydrogens is 452 g/mol. The summed E-state index contributed by atoms with van der Waals surface area (Å²) in [6, 6.07) is 11.6. The number of rotatable bonds is 10. The average molecular weight is 481 g/mol. The Morgan fingerprint density at radius 1 is 1.03 bits per heavy atom. The summed E-state index contributed by atoms with van der Waals surface area (Å²) in [6.45, 7) is 3.97. The van der Waals surface area contributed by atoms with E-state index in [1.807, 2.05) is 6.92 Å². The molecule has 0 aliphatic rings. The normalized spacial score (nSPS) is 10.6. The van der Waals surface area contributed by atoms with E-state index in [1.54, 1.807) is 42.5 Å². The molecular formula is C25H28N4O6. The SMILES string of the molecule is CCCn1nc(C(=O)NNC(=O)CCCOc2ccc(C(C)=O)cc2OC)c2ccccc2c1=O. The molecule has 0 spiro atoms. The van der Waals surface area contributed by atoms with Crippen LogP contribution in [0.25, 0.3) is 10.8 Å². The Hall–Kier alpha value is -4.21. The van der Waals surface area contributed by atoms with E-state index in [4.69, 9.17) is 9.47 Å². The van der Waals surface area contributed by atoms with Gasteiger partial charge in [-0.1, -0.05) is 25.1 Å². The molecule has 0 saturated carbocycles. The number of ether oxygens (including phenoxy) is 2. The number of nitrogens with zero attached hydrogens (tertiary/aromatic N) is 2. The standard InChI is InChI=1S/C25H28N4O6/c1-4-13-29-25(33)19-9-6-5-8-18(19)23(28-29)24(32)27-26-22(31)10-7-14-35-20-12-11-17(16(2)30)15-21(20)34-3/h5-6,8-9,11-12,15H,4,7,10,13-14H2,1-3H3,(H,26,31)(H,27,32). The van der Waals surface area contributed by atoms with Gasteiger partial charge in [0.05, 0.1) is 19.1 Å².